The van der Waals surface area contributed by atoms with Crippen molar-refractivity contribution < 1.29 is 4.74 Å². The fourth-order valence-corrected chi connectivity index (χ4v) is 2.94. The molecule has 2 heterocycles. The van der Waals surface area contributed by atoms with Crippen molar-refractivity contribution in [3.63, 3.8) is 0 Å². The number of hydrazine groups is 1. The summed E-state index contributed by atoms with van der Waals surface area (Å²) in [6, 6.07) is 0. The molecule has 2 rings (SSSR count). The Labute approximate surface area is 86.0 Å². The van der Waals surface area contributed by atoms with E-state index in [0.29, 0.717) is 0 Å². The molecule has 3 nitrogen and oxygen atoms in total. The first kappa shape index (κ1) is 9.27. The number of halogens is 1. The molecule has 0 fully saturated rings. The van der Waals surface area contributed by atoms with Crippen molar-refractivity contribution in [3.05, 3.63) is 14.8 Å². The van der Waals surface area contributed by atoms with Gasteiger partial charge in [0.05, 0.1) is 7.11 Å². The fraction of sp³-hybridized carbons (Fsp3) is 0.500. The van der Waals surface area contributed by atoms with Crippen LogP contribution in [0.4, 0.5) is 0 Å². The van der Waals surface area contributed by atoms with E-state index in [9.17, 15) is 0 Å². The van der Waals surface area contributed by atoms with Crippen molar-refractivity contribution in [3.8, 4) is 5.75 Å². The number of nitrogens with one attached hydrogen (secondary N) is 2. The van der Waals surface area contributed by atoms with E-state index in [1.54, 1.807) is 18.4 Å². The van der Waals surface area contributed by atoms with Crippen LogP contribution < -0.4 is 15.6 Å². The molecule has 0 bridgehead atoms. The van der Waals surface area contributed by atoms with Gasteiger partial charge in [-0.15, -0.1) is 11.3 Å². The quantitative estimate of drug-likeness (QED) is 0.751. The average Bonchev–Trinajstić information content (AvgIpc) is 2.32. The molecule has 1 aliphatic heterocycles. The Morgan fingerprint density at radius 1 is 1.46 bits per heavy atom. The van der Waals surface area contributed by atoms with Crippen LogP contribution >= 0.6 is 22.9 Å². The minimum absolute atomic E-state index is 0.760. The van der Waals surface area contributed by atoms with Crippen molar-refractivity contribution in [1.82, 2.24) is 10.9 Å². The van der Waals surface area contributed by atoms with E-state index >= 15 is 0 Å². The zero-order chi connectivity index (χ0) is 9.26. The number of rotatable bonds is 1. The Bertz CT molecular complexity index is 313. The molecule has 0 amide bonds. The number of hydrogen-bond donors (Lipinski definition) is 2. The summed E-state index contributed by atoms with van der Waals surface area (Å²) in [7, 11) is 1.66. The number of thiophene rings is 1. The summed E-state index contributed by atoms with van der Waals surface area (Å²) < 4.78 is 6.01. The molecular weight excluding hydrogens is 208 g/mol. The molecule has 0 atom stereocenters. The van der Waals surface area contributed by atoms with Crippen molar-refractivity contribution >= 4 is 22.9 Å². The van der Waals surface area contributed by atoms with Gasteiger partial charge in [0, 0.05) is 23.5 Å². The molecule has 0 unspecified atom stereocenters. The molecule has 5 heteroatoms. The van der Waals surface area contributed by atoms with Gasteiger partial charge in [-0.3, -0.25) is 10.9 Å². The molecule has 0 saturated heterocycles. The predicted molar refractivity (Wildman–Crippen MR) is 54.4 cm³/mol. The van der Waals surface area contributed by atoms with Crippen LogP contribution in [0.1, 0.15) is 10.4 Å². The zero-order valence-electron chi connectivity index (χ0n) is 7.32. The van der Waals surface area contributed by atoms with Crippen LogP contribution in [0.3, 0.4) is 0 Å². The highest BCUT2D eigenvalue weighted by Gasteiger charge is 2.18. The Morgan fingerprint density at radius 2 is 2.31 bits per heavy atom. The third-order valence-electron chi connectivity index (χ3n) is 2.07. The summed E-state index contributed by atoms with van der Waals surface area (Å²) in [6.07, 6.45) is 1.01. The first-order valence-electron chi connectivity index (χ1n) is 4.12. The van der Waals surface area contributed by atoms with Gasteiger partial charge in [0.15, 0.2) is 5.75 Å². The summed E-state index contributed by atoms with van der Waals surface area (Å²) in [5.41, 5.74) is 7.42. The van der Waals surface area contributed by atoms with E-state index in [0.717, 1.165) is 29.6 Å². The molecule has 1 aromatic rings. The fourth-order valence-electron chi connectivity index (χ4n) is 1.46. The van der Waals surface area contributed by atoms with Gasteiger partial charge in [0.2, 0.25) is 0 Å². The zero-order valence-corrected chi connectivity index (χ0v) is 8.89. The minimum atomic E-state index is 0.760. The van der Waals surface area contributed by atoms with Crippen LogP contribution in [0.2, 0.25) is 4.34 Å². The summed E-state index contributed by atoms with van der Waals surface area (Å²) >= 11 is 7.65. The van der Waals surface area contributed by atoms with E-state index in [1.807, 2.05) is 0 Å². The Balaban J connectivity index is 2.41. The lowest BCUT2D eigenvalue weighted by Gasteiger charge is -2.03. The second-order valence-electron chi connectivity index (χ2n) is 2.84. The van der Waals surface area contributed by atoms with E-state index < -0.39 is 0 Å². The summed E-state index contributed by atoms with van der Waals surface area (Å²) in [5.74, 6) is 0.831. The normalized spacial score (nSPS) is 16.5. The molecule has 2 N–H and O–H groups in total. The van der Waals surface area contributed by atoms with Gasteiger partial charge in [0.1, 0.15) is 4.34 Å². The van der Waals surface area contributed by atoms with Gasteiger partial charge in [-0.05, 0) is 6.42 Å². The summed E-state index contributed by atoms with van der Waals surface area (Å²) in [5, 5.41) is 0. The molecule has 0 saturated carbocycles. The lowest BCUT2D eigenvalue weighted by atomic mass is 10.2. The monoisotopic (exact) mass is 218 g/mol. The van der Waals surface area contributed by atoms with Gasteiger partial charge < -0.3 is 4.74 Å². The van der Waals surface area contributed by atoms with Crippen molar-refractivity contribution in [2.75, 3.05) is 13.7 Å². The van der Waals surface area contributed by atoms with Crippen LogP contribution in [-0.4, -0.2) is 13.7 Å². The molecule has 0 aromatic carbocycles. The average molecular weight is 219 g/mol. The van der Waals surface area contributed by atoms with Crippen LogP contribution in [0.5, 0.6) is 5.75 Å². The van der Waals surface area contributed by atoms with E-state index in [-0.39, 0.29) is 0 Å². The number of hydrogen-bond acceptors (Lipinski definition) is 4. The highest BCUT2D eigenvalue weighted by Crippen LogP contribution is 2.39. The molecular formula is C8H11ClN2OS. The second-order valence-corrected chi connectivity index (χ2v) is 4.55. The Morgan fingerprint density at radius 3 is 3.08 bits per heavy atom. The minimum Gasteiger partial charge on any atom is -0.494 e. The van der Waals surface area contributed by atoms with E-state index in [2.05, 4.69) is 10.9 Å². The third kappa shape index (κ3) is 1.67. The van der Waals surface area contributed by atoms with Gasteiger partial charge in [0.25, 0.3) is 0 Å². The van der Waals surface area contributed by atoms with Crippen LogP contribution in [-0.2, 0) is 13.0 Å². The van der Waals surface area contributed by atoms with Crippen molar-refractivity contribution in [1.29, 1.82) is 0 Å². The van der Waals surface area contributed by atoms with Crippen LogP contribution in [0, 0.1) is 0 Å². The lowest BCUT2D eigenvalue weighted by Crippen LogP contribution is -2.30. The van der Waals surface area contributed by atoms with E-state index in [1.165, 1.54) is 10.4 Å². The second kappa shape index (κ2) is 3.84. The highest BCUT2D eigenvalue weighted by atomic mass is 35.5. The SMILES string of the molecule is COc1c(Cl)sc2c1CNNCC2. The van der Waals surface area contributed by atoms with Crippen LogP contribution in [0.25, 0.3) is 0 Å². The smallest absolute Gasteiger partial charge is 0.153 e. The number of ether oxygens (including phenoxy) is 1. The maximum absolute atomic E-state index is 6.03. The molecule has 1 aliphatic rings. The third-order valence-corrected chi connectivity index (χ3v) is 3.54. The maximum Gasteiger partial charge on any atom is 0.153 e. The molecule has 13 heavy (non-hydrogen) atoms. The first-order chi connectivity index (χ1) is 6.33. The lowest BCUT2D eigenvalue weighted by molar-refractivity contribution is 0.409. The Hall–Kier alpha value is -0.290. The standard InChI is InChI=1S/C8H11ClN2OS/c1-12-7-5-4-11-10-3-2-6(5)13-8(7)9/h10-11H,2-4H2,1H3. The van der Waals surface area contributed by atoms with E-state index in [4.69, 9.17) is 16.3 Å². The van der Waals surface area contributed by atoms with Crippen molar-refractivity contribution in [2.24, 2.45) is 0 Å². The summed E-state index contributed by atoms with van der Waals surface area (Å²) in [6.45, 7) is 1.72. The maximum atomic E-state index is 6.03. The number of methoxy groups -OCH3 is 1. The predicted octanol–water partition coefficient (Wildman–Crippen LogP) is 1.56. The molecule has 0 aliphatic carbocycles. The Kier molecular flexibility index (Phi) is 2.74. The highest BCUT2D eigenvalue weighted by molar-refractivity contribution is 7.16. The molecule has 0 radical (unpaired) electrons. The first-order valence-corrected chi connectivity index (χ1v) is 5.32. The largest absolute Gasteiger partial charge is 0.494 e. The molecule has 1 aromatic heterocycles. The van der Waals surface area contributed by atoms with Gasteiger partial charge >= 0.3 is 0 Å². The summed E-state index contributed by atoms with van der Waals surface area (Å²) in [4.78, 5) is 1.32. The van der Waals surface area contributed by atoms with Crippen molar-refractivity contribution in [2.45, 2.75) is 13.0 Å². The van der Waals surface area contributed by atoms with Gasteiger partial charge in [-0.25, -0.2) is 0 Å². The number of fused-ring (bicyclic) bond motifs is 1. The van der Waals surface area contributed by atoms with Gasteiger partial charge in [-0.2, -0.15) is 0 Å². The topological polar surface area (TPSA) is 33.3 Å². The van der Waals surface area contributed by atoms with Crippen LogP contribution in [0.15, 0.2) is 0 Å². The van der Waals surface area contributed by atoms with Gasteiger partial charge in [-0.1, -0.05) is 11.6 Å². The molecule has 72 valence electrons. The molecule has 0 spiro atoms.